The van der Waals surface area contributed by atoms with E-state index in [-0.39, 0.29) is 17.3 Å². The Morgan fingerprint density at radius 3 is 2.70 bits per heavy atom. The van der Waals surface area contributed by atoms with E-state index in [4.69, 9.17) is 5.11 Å². The van der Waals surface area contributed by atoms with E-state index in [0.29, 0.717) is 0 Å². The minimum absolute atomic E-state index is 0.0427. The number of nitrogens with one attached hydrogen (secondary N) is 2. The fourth-order valence-electron chi connectivity index (χ4n) is 2.02. The Balaban J connectivity index is 1.97. The number of aromatic carboxylic acids is 1. The molecule has 0 saturated carbocycles. The lowest BCUT2D eigenvalue weighted by atomic mass is 10.0. The average molecular weight is 278 g/mol. The number of carboxylic acid groups (broad SMARTS) is 1. The number of carbonyl (C=O) groups is 2. The molecule has 2 rings (SSSR count). The Kier molecular flexibility index (Phi) is 4.34. The molecule has 1 aromatic carbocycles. The maximum atomic E-state index is 13.6. The molecule has 1 atom stereocenters. The highest BCUT2D eigenvalue weighted by molar-refractivity contribution is 5.91. The van der Waals surface area contributed by atoms with Gasteiger partial charge in [-0.15, -0.1) is 0 Å². The van der Waals surface area contributed by atoms with Crippen LogP contribution in [0.15, 0.2) is 30.4 Å². The molecule has 6 heteroatoms. The van der Waals surface area contributed by atoms with Gasteiger partial charge < -0.3 is 15.7 Å². The van der Waals surface area contributed by atoms with Crippen LogP contribution in [0.1, 0.15) is 29.6 Å². The topological polar surface area (TPSA) is 78.4 Å². The molecule has 0 heterocycles. The monoisotopic (exact) mass is 278 g/mol. The summed E-state index contributed by atoms with van der Waals surface area (Å²) < 4.78 is 13.6. The van der Waals surface area contributed by atoms with Crippen LogP contribution in [-0.2, 0) is 0 Å². The first kappa shape index (κ1) is 14.0. The summed E-state index contributed by atoms with van der Waals surface area (Å²) in [5.74, 6) is -1.99. The lowest BCUT2D eigenvalue weighted by molar-refractivity contribution is 0.0696. The van der Waals surface area contributed by atoms with E-state index in [1.807, 2.05) is 6.08 Å². The summed E-state index contributed by atoms with van der Waals surface area (Å²) in [7, 11) is 0. The van der Waals surface area contributed by atoms with E-state index >= 15 is 0 Å². The maximum absolute atomic E-state index is 13.6. The second kappa shape index (κ2) is 6.18. The Morgan fingerprint density at radius 1 is 1.30 bits per heavy atom. The highest BCUT2D eigenvalue weighted by atomic mass is 19.1. The highest BCUT2D eigenvalue weighted by Gasteiger charge is 2.15. The van der Waals surface area contributed by atoms with Gasteiger partial charge in [0.1, 0.15) is 5.82 Å². The predicted molar refractivity (Wildman–Crippen MR) is 72.3 cm³/mol. The molecule has 1 unspecified atom stereocenters. The predicted octanol–water partition coefficient (Wildman–Crippen LogP) is 2.75. The Labute approximate surface area is 115 Å². The summed E-state index contributed by atoms with van der Waals surface area (Å²) in [6.45, 7) is 0. The summed E-state index contributed by atoms with van der Waals surface area (Å²) in [5.41, 5.74) is -0.204. The number of halogens is 1. The van der Waals surface area contributed by atoms with Crippen molar-refractivity contribution in [2.45, 2.75) is 25.3 Å². The van der Waals surface area contributed by atoms with Gasteiger partial charge in [0, 0.05) is 6.04 Å². The van der Waals surface area contributed by atoms with Crippen molar-refractivity contribution in [1.82, 2.24) is 5.32 Å². The van der Waals surface area contributed by atoms with Gasteiger partial charge in [-0.25, -0.2) is 14.0 Å². The van der Waals surface area contributed by atoms with Crippen molar-refractivity contribution in [2.24, 2.45) is 0 Å². The second-order valence-corrected chi connectivity index (χ2v) is 4.58. The van der Waals surface area contributed by atoms with Crippen molar-refractivity contribution >= 4 is 17.7 Å². The third-order valence-electron chi connectivity index (χ3n) is 3.07. The van der Waals surface area contributed by atoms with Gasteiger partial charge in [-0.05, 0) is 37.5 Å². The number of hydrogen-bond acceptors (Lipinski definition) is 2. The minimum Gasteiger partial charge on any atom is -0.478 e. The van der Waals surface area contributed by atoms with Gasteiger partial charge in [-0.3, -0.25) is 0 Å². The summed E-state index contributed by atoms with van der Waals surface area (Å²) in [6.07, 6.45) is 6.57. The molecule has 0 spiro atoms. The van der Waals surface area contributed by atoms with E-state index in [0.717, 1.165) is 25.3 Å². The minimum atomic E-state index is -1.21. The van der Waals surface area contributed by atoms with Gasteiger partial charge in [0.05, 0.1) is 11.3 Å². The number of allylic oxidation sites excluding steroid dienone is 1. The van der Waals surface area contributed by atoms with E-state index in [1.54, 1.807) is 0 Å². The molecule has 106 valence electrons. The van der Waals surface area contributed by atoms with Crippen LogP contribution in [0.25, 0.3) is 0 Å². The average Bonchev–Trinajstić information content (AvgIpc) is 2.42. The van der Waals surface area contributed by atoms with Gasteiger partial charge in [0.25, 0.3) is 0 Å². The number of anilines is 1. The van der Waals surface area contributed by atoms with Gasteiger partial charge in [-0.1, -0.05) is 12.2 Å². The third-order valence-corrected chi connectivity index (χ3v) is 3.07. The van der Waals surface area contributed by atoms with Gasteiger partial charge in [0.2, 0.25) is 0 Å². The number of carbonyl (C=O) groups excluding carboxylic acids is 1. The Hall–Kier alpha value is -2.37. The second-order valence-electron chi connectivity index (χ2n) is 4.58. The van der Waals surface area contributed by atoms with E-state index in [1.165, 1.54) is 12.1 Å². The van der Waals surface area contributed by atoms with Crippen LogP contribution in [0, 0.1) is 5.82 Å². The number of amides is 2. The largest absolute Gasteiger partial charge is 0.478 e. The zero-order chi connectivity index (χ0) is 14.5. The Bertz CT molecular complexity index is 557. The zero-order valence-corrected chi connectivity index (χ0v) is 10.7. The van der Waals surface area contributed by atoms with E-state index in [2.05, 4.69) is 16.7 Å². The first-order valence-corrected chi connectivity index (χ1v) is 6.31. The molecule has 0 aromatic heterocycles. The van der Waals surface area contributed by atoms with Crippen LogP contribution >= 0.6 is 0 Å². The molecule has 0 fully saturated rings. The lowest BCUT2D eigenvalue weighted by Crippen LogP contribution is -2.38. The van der Waals surface area contributed by atoms with Gasteiger partial charge in [0.15, 0.2) is 0 Å². The lowest BCUT2D eigenvalue weighted by Gasteiger charge is -2.19. The molecule has 1 aromatic rings. The van der Waals surface area contributed by atoms with E-state index in [9.17, 15) is 14.0 Å². The quantitative estimate of drug-likeness (QED) is 0.744. The number of benzene rings is 1. The summed E-state index contributed by atoms with van der Waals surface area (Å²) in [6, 6.07) is 2.90. The highest BCUT2D eigenvalue weighted by Crippen LogP contribution is 2.16. The molecule has 20 heavy (non-hydrogen) atoms. The summed E-state index contributed by atoms with van der Waals surface area (Å²) in [4.78, 5) is 22.4. The molecule has 1 aliphatic rings. The fraction of sp³-hybridized carbons (Fsp3) is 0.286. The third kappa shape index (κ3) is 3.57. The van der Waals surface area contributed by atoms with Crippen LogP contribution in [-0.4, -0.2) is 23.1 Å². The van der Waals surface area contributed by atoms with Crippen LogP contribution in [0.2, 0.25) is 0 Å². The van der Waals surface area contributed by atoms with Crippen molar-refractivity contribution in [3.05, 3.63) is 41.7 Å². The van der Waals surface area contributed by atoms with Crippen molar-refractivity contribution in [3.8, 4) is 0 Å². The first-order chi connectivity index (χ1) is 9.56. The van der Waals surface area contributed by atoms with Crippen molar-refractivity contribution in [2.75, 3.05) is 5.32 Å². The molecule has 5 nitrogen and oxygen atoms in total. The van der Waals surface area contributed by atoms with Crippen LogP contribution in [0.3, 0.4) is 0 Å². The maximum Gasteiger partial charge on any atom is 0.335 e. The van der Waals surface area contributed by atoms with E-state index < -0.39 is 17.8 Å². The smallest absolute Gasteiger partial charge is 0.335 e. The molecular formula is C14H15FN2O3. The fourth-order valence-corrected chi connectivity index (χ4v) is 2.02. The van der Waals surface area contributed by atoms with Crippen molar-refractivity contribution in [3.63, 3.8) is 0 Å². The molecule has 1 aliphatic carbocycles. The molecule has 0 bridgehead atoms. The summed E-state index contributed by atoms with van der Waals surface area (Å²) in [5, 5.41) is 13.9. The standard InChI is InChI=1S/C14H15FN2O3/c15-11-8-9(13(18)19)6-7-12(11)17-14(20)16-10-4-2-1-3-5-10/h1-2,6-8,10H,3-5H2,(H,18,19)(H2,16,17,20). The van der Waals surface area contributed by atoms with Crippen LogP contribution < -0.4 is 10.6 Å². The Morgan fingerprint density at radius 2 is 2.10 bits per heavy atom. The number of rotatable bonds is 3. The van der Waals surface area contributed by atoms with Gasteiger partial charge in [-0.2, -0.15) is 0 Å². The molecule has 0 aliphatic heterocycles. The first-order valence-electron chi connectivity index (χ1n) is 6.31. The molecule has 3 N–H and O–H groups in total. The molecular weight excluding hydrogens is 263 g/mol. The van der Waals surface area contributed by atoms with Crippen LogP contribution in [0.5, 0.6) is 0 Å². The van der Waals surface area contributed by atoms with Gasteiger partial charge >= 0.3 is 12.0 Å². The van der Waals surface area contributed by atoms with Crippen molar-refractivity contribution in [1.29, 1.82) is 0 Å². The zero-order valence-electron chi connectivity index (χ0n) is 10.7. The number of hydrogen-bond donors (Lipinski definition) is 3. The van der Waals surface area contributed by atoms with Crippen LogP contribution in [0.4, 0.5) is 14.9 Å². The normalized spacial score (nSPS) is 17.6. The van der Waals surface area contributed by atoms with Crippen molar-refractivity contribution < 1.29 is 19.1 Å². The number of urea groups is 1. The molecule has 0 radical (unpaired) electrons. The molecule has 0 saturated heterocycles. The molecule has 2 amide bonds. The number of carboxylic acids is 1. The summed E-state index contributed by atoms with van der Waals surface area (Å²) >= 11 is 0. The SMILES string of the molecule is O=C(Nc1ccc(C(=O)O)cc1F)NC1CC=CCC1.